The van der Waals surface area contributed by atoms with Gasteiger partial charge in [0.05, 0.1) is 12.0 Å². The Bertz CT molecular complexity index is 675. The molecule has 1 aromatic rings. The van der Waals surface area contributed by atoms with E-state index < -0.39 is 20.7 Å². The first-order valence-corrected chi connectivity index (χ1v) is 8.00. The van der Waals surface area contributed by atoms with Gasteiger partial charge in [-0.3, -0.25) is 0 Å². The van der Waals surface area contributed by atoms with E-state index in [-0.39, 0.29) is 4.90 Å². The third kappa shape index (κ3) is 4.60. The van der Waals surface area contributed by atoms with Crippen molar-refractivity contribution >= 4 is 15.8 Å². The molecule has 1 aromatic carbocycles. The van der Waals surface area contributed by atoms with Gasteiger partial charge >= 0.3 is 5.97 Å². The Kier molecular flexibility index (Phi) is 6.59. The van der Waals surface area contributed by atoms with Crippen LogP contribution in [0.1, 0.15) is 0 Å². The number of carbonyl (C=O) groups is 1. The summed E-state index contributed by atoms with van der Waals surface area (Å²) in [6.07, 6.45) is 6.06. The van der Waals surface area contributed by atoms with Crippen LogP contribution in [0, 0.1) is 0 Å². The van der Waals surface area contributed by atoms with Crippen molar-refractivity contribution < 1.29 is 17.9 Å². The van der Waals surface area contributed by atoms with Crippen LogP contribution < -0.4 is 0 Å². The Morgan fingerprint density at radius 2 is 1.95 bits per heavy atom. The van der Waals surface area contributed by atoms with Crippen LogP contribution in [0.3, 0.4) is 0 Å². The van der Waals surface area contributed by atoms with Gasteiger partial charge in [-0.25, -0.2) is 13.2 Å². The third-order valence-electron chi connectivity index (χ3n) is 2.73. The Morgan fingerprint density at radius 1 is 1.32 bits per heavy atom. The molecule has 0 N–H and O–H groups in total. The summed E-state index contributed by atoms with van der Waals surface area (Å²) in [5.41, 5.74) is 0. The molecule has 0 atom stereocenters. The van der Waals surface area contributed by atoms with E-state index in [0.29, 0.717) is 6.54 Å². The smallest absolute Gasteiger partial charge is 0.349 e. The molecule has 0 spiro atoms. The van der Waals surface area contributed by atoms with Gasteiger partial charge in [-0.2, -0.15) is 0 Å². The van der Waals surface area contributed by atoms with Crippen LogP contribution in [0.2, 0.25) is 0 Å². The molecule has 22 heavy (non-hydrogen) atoms. The summed E-state index contributed by atoms with van der Waals surface area (Å²) in [5.74, 6) is -0.903. The number of allylic oxidation sites excluding steroid dienone is 2. The van der Waals surface area contributed by atoms with E-state index in [1.165, 1.54) is 24.3 Å². The molecular formula is C16H19NO4S. The van der Waals surface area contributed by atoms with Gasteiger partial charge in [0.1, 0.15) is 0 Å². The second-order valence-electron chi connectivity index (χ2n) is 4.41. The summed E-state index contributed by atoms with van der Waals surface area (Å²) in [5, 5.41) is 0. The summed E-state index contributed by atoms with van der Waals surface area (Å²) >= 11 is 0. The van der Waals surface area contributed by atoms with Gasteiger partial charge in [0.25, 0.3) is 0 Å². The monoisotopic (exact) mass is 321 g/mol. The molecular weight excluding hydrogens is 302 g/mol. The maximum atomic E-state index is 12.5. The van der Waals surface area contributed by atoms with Gasteiger partial charge < -0.3 is 9.64 Å². The van der Waals surface area contributed by atoms with Crippen molar-refractivity contribution in [3.8, 4) is 0 Å². The highest BCUT2D eigenvalue weighted by molar-refractivity contribution is 7.96. The number of esters is 1. The quantitative estimate of drug-likeness (QED) is 0.333. The van der Waals surface area contributed by atoms with Crippen LogP contribution in [-0.4, -0.2) is 40.0 Å². The van der Waals surface area contributed by atoms with Crippen LogP contribution in [0.5, 0.6) is 0 Å². The number of sulfone groups is 1. The minimum absolute atomic E-state index is 0.0412. The predicted molar refractivity (Wildman–Crippen MR) is 85.7 cm³/mol. The van der Waals surface area contributed by atoms with Gasteiger partial charge in [0.15, 0.2) is 4.91 Å². The molecule has 0 saturated carbocycles. The van der Waals surface area contributed by atoms with Gasteiger partial charge in [0.2, 0.25) is 9.84 Å². The number of nitrogens with zero attached hydrogens (tertiary/aromatic N) is 1. The summed E-state index contributed by atoms with van der Waals surface area (Å²) < 4.78 is 29.6. The highest BCUT2D eigenvalue weighted by Crippen LogP contribution is 2.20. The van der Waals surface area contributed by atoms with E-state index >= 15 is 0 Å². The minimum atomic E-state index is -3.93. The van der Waals surface area contributed by atoms with E-state index in [4.69, 9.17) is 0 Å². The first-order valence-electron chi connectivity index (χ1n) is 6.51. The zero-order chi connectivity index (χ0) is 16.6. The topological polar surface area (TPSA) is 63.7 Å². The molecule has 0 aliphatic heterocycles. The van der Waals surface area contributed by atoms with Crippen molar-refractivity contribution in [3.05, 3.63) is 66.2 Å². The molecule has 0 aromatic heterocycles. The first kappa shape index (κ1) is 17.7. The van der Waals surface area contributed by atoms with Crippen molar-refractivity contribution in [3.63, 3.8) is 0 Å². The van der Waals surface area contributed by atoms with Crippen molar-refractivity contribution in [2.45, 2.75) is 4.90 Å². The predicted octanol–water partition coefficient (Wildman–Crippen LogP) is 2.15. The summed E-state index contributed by atoms with van der Waals surface area (Å²) in [7, 11) is -0.982. The normalized spacial score (nSPS) is 12.2. The van der Waals surface area contributed by atoms with Crippen LogP contribution in [0.15, 0.2) is 71.1 Å². The van der Waals surface area contributed by atoms with Crippen LogP contribution in [-0.2, 0) is 19.4 Å². The van der Waals surface area contributed by atoms with E-state index in [1.807, 2.05) is 0 Å². The SMILES string of the molecule is C=CCN(C)/C=C/C=C(/C(=O)OC)S(=O)(=O)c1ccccc1. The van der Waals surface area contributed by atoms with E-state index in [0.717, 1.165) is 7.11 Å². The summed E-state index contributed by atoms with van der Waals surface area (Å²) in [6.45, 7) is 4.20. The molecule has 0 bridgehead atoms. The third-order valence-corrected chi connectivity index (χ3v) is 4.51. The number of methoxy groups -OCH3 is 1. The van der Waals surface area contributed by atoms with E-state index in [2.05, 4.69) is 11.3 Å². The molecule has 5 nitrogen and oxygen atoms in total. The number of carbonyl (C=O) groups excluding carboxylic acids is 1. The lowest BCUT2D eigenvalue weighted by atomic mass is 10.4. The average Bonchev–Trinajstić information content (AvgIpc) is 2.51. The lowest BCUT2D eigenvalue weighted by molar-refractivity contribution is -0.135. The molecule has 0 radical (unpaired) electrons. The standard InChI is InChI=1S/C16H19NO4S/c1-4-12-17(2)13-8-11-15(16(18)21-3)22(19,20)14-9-6-5-7-10-14/h4-11,13H,1,12H2,2-3H3/b13-8+,15-11-. The minimum Gasteiger partial charge on any atom is -0.465 e. The molecule has 0 fully saturated rings. The van der Waals surface area contributed by atoms with Gasteiger partial charge in [-0.15, -0.1) is 6.58 Å². The zero-order valence-corrected chi connectivity index (χ0v) is 13.4. The maximum absolute atomic E-state index is 12.5. The molecule has 0 unspecified atom stereocenters. The molecule has 0 saturated heterocycles. The fourth-order valence-corrected chi connectivity index (χ4v) is 2.97. The van der Waals surface area contributed by atoms with E-state index in [9.17, 15) is 13.2 Å². The highest BCUT2D eigenvalue weighted by atomic mass is 32.2. The average molecular weight is 321 g/mol. The van der Waals surface area contributed by atoms with Crippen LogP contribution >= 0.6 is 0 Å². The van der Waals surface area contributed by atoms with Crippen LogP contribution in [0.4, 0.5) is 0 Å². The molecule has 0 amide bonds. The fraction of sp³-hybridized carbons (Fsp3) is 0.188. The largest absolute Gasteiger partial charge is 0.465 e. The first-order chi connectivity index (χ1) is 10.4. The number of ether oxygens (including phenoxy) is 1. The molecule has 118 valence electrons. The number of hydrogen-bond donors (Lipinski definition) is 0. The van der Waals surface area contributed by atoms with Gasteiger partial charge in [-0.05, 0) is 30.5 Å². The number of hydrogen-bond acceptors (Lipinski definition) is 5. The second kappa shape index (κ2) is 8.19. The van der Waals surface area contributed by atoms with E-state index in [1.54, 1.807) is 42.4 Å². The molecule has 0 aliphatic carbocycles. The van der Waals surface area contributed by atoms with Crippen molar-refractivity contribution in [1.29, 1.82) is 0 Å². The van der Waals surface area contributed by atoms with Crippen molar-refractivity contribution in [1.82, 2.24) is 4.90 Å². The lowest BCUT2D eigenvalue weighted by Gasteiger charge is -2.09. The fourth-order valence-electron chi connectivity index (χ4n) is 1.64. The lowest BCUT2D eigenvalue weighted by Crippen LogP contribution is -2.15. The molecule has 6 heteroatoms. The molecule has 0 aliphatic rings. The Labute approximate surface area is 131 Å². The number of likely N-dealkylation sites (N-methyl/N-ethyl adjacent to an activating group) is 1. The zero-order valence-electron chi connectivity index (χ0n) is 12.6. The molecule has 0 heterocycles. The highest BCUT2D eigenvalue weighted by Gasteiger charge is 2.27. The number of rotatable bonds is 7. The summed E-state index contributed by atoms with van der Waals surface area (Å²) in [6, 6.07) is 7.75. The second-order valence-corrected chi connectivity index (χ2v) is 6.33. The molecule has 1 rings (SSSR count). The Morgan fingerprint density at radius 3 is 2.50 bits per heavy atom. The Balaban J connectivity index is 3.19. The Hall–Kier alpha value is -2.34. The maximum Gasteiger partial charge on any atom is 0.349 e. The van der Waals surface area contributed by atoms with Crippen molar-refractivity contribution in [2.75, 3.05) is 20.7 Å². The number of benzene rings is 1. The van der Waals surface area contributed by atoms with Gasteiger partial charge in [-0.1, -0.05) is 24.3 Å². The van der Waals surface area contributed by atoms with Crippen molar-refractivity contribution in [2.24, 2.45) is 0 Å². The van der Waals surface area contributed by atoms with Crippen LogP contribution in [0.25, 0.3) is 0 Å². The van der Waals surface area contributed by atoms with Gasteiger partial charge in [0, 0.05) is 13.6 Å². The summed E-state index contributed by atoms with van der Waals surface area (Å²) in [4.78, 5) is 13.2.